The molecule has 0 radical (unpaired) electrons. The summed E-state index contributed by atoms with van der Waals surface area (Å²) in [7, 11) is 0. The van der Waals surface area contributed by atoms with Gasteiger partial charge in [-0.15, -0.1) is 0 Å². The zero-order valence-electron chi connectivity index (χ0n) is 16.5. The third-order valence-corrected chi connectivity index (χ3v) is 4.82. The molecule has 0 unspecified atom stereocenters. The first-order chi connectivity index (χ1) is 13.4. The van der Waals surface area contributed by atoms with Crippen LogP contribution in [0.15, 0.2) is 66.7 Å². The van der Waals surface area contributed by atoms with Crippen molar-refractivity contribution in [2.45, 2.75) is 33.2 Å². The highest BCUT2D eigenvalue weighted by Gasteiger charge is 2.24. The van der Waals surface area contributed by atoms with Crippen molar-refractivity contribution in [2.75, 3.05) is 5.32 Å². The fraction of sp³-hybridized carbons (Fsp3) is 0.250. The molecule has 0 aliphatic rings. The van der Waals surface area contributed by atoms with Crippen molar-refractivity contribution in [3.05, 3.63) is 77.9 Å². The normalized spacial score (nSPS) is 12.0. The van der Waals surface area contributed by atoms with Gasteiger partial charge in [0, 0.05) is 5.69 Å². The van der Waals surface area contributed by atoms with Crippen LogP contribution in [0.2, 0.25) is 0 Å². The molecule has 0 bridgehead atoms. The lowest BCUT2D eigenvalue weighted by Crippen LogP contribution is -2.47. The van der Waals surface area contributed by atoms with Crippen molar-refractivity contribution in [1.82, 2.24) is 5.32 Å². The van der Waals surface area contributed by atoms with E-state index in [1.54, 1.807) is 0 Å². The van der Waals surface area contributed by atoms with Gasteiger partial charge in [0.1, 0.15) is 6.04 Å². The molecule has 3 aromatic carbocycles. The number of anilines is 1. The number of carbonyl (C=O) groups is 2. The molecule has 2 N–H and O–H groups in total. The maximum absolute atomic E-state index is 12.7. The van der Waals surface area contributed by atoms with E-state index in [0.29, 0.717) is 0 Å². The maximum Gasteiger partial charge on any atom is 0.247 e. The quantitative estimate of drug-likeness (QED) is 0.669. The highest BCUT2D eigenvalue weighted by atomic mass is 16.2. The maximum atomic E-state index is 12.7. The zero-order valence-corrected chi connectivity index (χ0v) is 16.5. The molecule has 2 amide bonds. The molecule has 144 valence electrons. The largest absolute Gasteiger partial charge is 0.344 e. The summed E-state index contributed by atoms with van der Waals surface area (Å²) in [6, 6.07) is 21.0. The van der Waals surface area contributed by atoms with E-state index in [9.17, 15) is 9.59 Å². The zero-order chi connectivity index (χ0) is 20.1. The predicted octanol–water partition coefficient (Wildman–Crippen LogP) is 4.47. The van der Waals surface area contributed by atoms with Crippen molar-refractivity contribution in [3.8, 4) is 0 Å². The van der Waals surface area contributed by atoms with Crippen LogP contribution < -0.4 is 10.6 Å². The molecule has 3 rings (SSSR count). The second-order valence-corrected chi connectivity index (χ2v) is 7.46. The monoisotopic (exact) mass is 374 g/mol. The number of fused-ring (bicyclic) bond motifs is 1. The Hall–Kier alpha value is -3.14. The van der Waals surface area contributed by atoms with Gasteiger partial charge in [0.2, 0.25) is 11.8 Å². The van der Waals surface area contributed by atoms with Crippen LogP contribution in [0.25, 0.3) is 10.8 Å². The van der Waals surface area contributed by atoms with Crippen LogP contribution in [-0.2, 0) is 16.0 Å². The Morgan fingerprint density at radius 2 is 1.57 bits per heavy atom. The van der Waals surface area contributed by atoms with Crippen molar-refractivity contribution in [1.29, 1.82) is 0 Å². The van der Waals surface area contributed by atoms with E-state index in [0.717, 1.165) is 27.6 Å². The lowest BCUT2D eigenvalue weighted by atomic mass is 10.00. The summed E-state index contributed by atoms with van der Waals surface area (Å²) in [6.45, 7) is 5.85. The number of amides is 2. The molecule has 0 saturated heterocycles. The van der Waals surface area contributed by atoms with E-state index in [4.69, 9.17) is 0 Å². The molecule has 0 heterocycles. The molecular weight excluding hydrogens is 348 g/mol. The molecular formula is C24H26N2O2. The lowest BCUT2D eigenvalue weighted by molar-refractivity contribution is -0.127. The number of carbonyl (C=O) groups excluding carboxylic acids is 2. The summed E-state index contributed by atoms with van der Waals surface area (Å²) in [5.74, 6) is -0.388. The van der Waals surface area contributed by atoms with Crippen molar-refractivity contribution >= 4 is 28.3 Å². The molecule has 0 fully saturated rings. The summed E-state index contributed by atoms with van der Waals surface area (Å²) < 4.78 is 0. The highest BCUT2D eigenvalue weighted by Crippen LogP contribution is 2.19. The van der Waals surface area contributed by atoms with Crippen LogP contribution >= 0.6 is 0 Å². The van der Waals surface area contributed by atoms with Crippen molar-refractivity contribution < 1.29 is 9.59 Å². The average Bonchev–Trinajstić information content (AvgIpc) is 2.68. The van der Waals surface area contributed by atoms with E-state index in [2.05, 4.69) is 10.6 Å². The van der Waals surface area contributed by atoms with Crippen LogP contribution in [0.4, 0.5) is 5.69 Å². The van der Waals surface area contributed by atoms with Gasteiger partial charge in [-0.3, -0.25) is 9.59 Å². The third kappa shape index (κ3) is 4.77. The molecule has 3 aromatic rings. The first-order valence-corrected chi connectivity index (χ1v) is 9.57. The van der Waals surface area contributed by atoms with Crippen molar-refractivity contribution in [3.63, 3.8) is 0 Å². The van der Waals surface area contributed by atoms with Gasteiger partial charge in [0.05, 0.1) is 6.42 Å². The van der Waals surface area contributed by atoms with Gasteiger partial charge in [-0.25, -0.2) is 0 Å². The molecule has 0 aliphatic heterocycles. The molecule has 0 aromatic heterocycles. The van der Waals surface area contributed by atoms with E-state index < -0.39 is 6.04 Å². The Kier molecular flexibility index (Phi) is 6.09. The number of aryl methyl sites for hydroxylation is 1. The minimum Gasteiger partial charge on any atom is -0.344 e. The molecule has 4 nitrogen and oxygen atoms in total. The minimum atomic E-state index is -0.594. The van der Waals surface area contributed by atoms with Gasteiger partial charge in [-0.2, -0.15) is 0 Å². The van der Waals surface area contributed by atoms with Gasteiger partial charge >= 0.3 is 0 Å². The van der Waals surface area contributed by atoms with E-state index in [1.165, 1.54) is 0 Å². The van der Waals surface area contributed by atoms with E-state index in [1.807, 2.05) is 87.5 Å². The topological polar surface area (TPSA) is 58.2 Å². The molecule has 0 spiro atoms. The average molecular weight is 374 g/mol. The first-order valence-electron chi connectivity index (χ1n) is 9.57. The number of hydrogen-bond acceptors (Lipinski definition) is 2. The Labute approximate surface area is 166 Å². The van der Waals surface area contributed by atoms with Gasteiger partial charge in [-0.1, -0.05) is 74.0 Å². The van der Waals surface area contributed by atoms with Crippen LogP contribution in [0, 0.1) is 12.8 Å². The summed E-state index contributed by atoms with van der Waals surface area (Å²) in [6.07, 6.45) is 0.238. The molecule has 0 aliphatic carbocycles. The number of benzene rings is 3. The van der Waals surface area contributed by atoms with Crippen LogP contribution in [0.3, 0.4) is 0 Å². The van der Waals surface area contributed by atoms with Gasteiger partial charge < -0.3 is 10.6 Å². The third-order valence-electron chi connectivity index (χ3n) is 4.82. The minimum absolute atomic E-state index is 0.0260. The summed E-state index contributed by atoms with van der Waals surface area (Å²) in [4.78, 5) is 25.4. The van der Waals surface area contributed by atoms with Crippen LogP contribution in [0.1, 0.15) is 25.0 Å². The van der Waals surface area contributed by atoms with Crippen LogP contribution in [0.5, 0.6) is 0 Å². The standard InChI is InChI=1S/C24H26N2O2/c1-16(2)23(24(28)25-20-13-11-17(3)12-14-20)26-22(27)15-19-9-6-8-18-7-4-5-10-21(18)19/h4-14,16,23H,15H2,1-3H3,(H,25,28)(H,26,27)/t23-/m0/s1. The van der Waals surface area contributed by atoms with E-state index >= 15 is 0 Å². The summed E-state index contributed by atoms with van der Waals surface area (Å²) in [5.41, 5.74) is 2.81. The number of rotatable bonds is 6. The highest BCUT2D eigenvalue weighted by molar-refractivity contribution is 5.98. The summed E-state index contributed by atoms with van der Waals surface area (Å²) >= 11 is 0. The SMILES string of the molecule is Cc1ccc(NC(=O)[C@@H](NC(=O)Cc2cccc3ccccc23)C(C)C)cc1. The predicted molar refractivity (Wildman–Crippen MR) is 114 cm³/mol. The lowest BCUT2D eigenvalue weighted by Gasteiger charge is -2.22. The Morgan fingerprint density at radius 1 is 0.893 bits per heavy atom. The smallest absolute Gasteiger partial charge is 0.247 e. The Balaban J connectivity index is 1.70. The number of hydrogen-bond donors (Lipinski definition) is 2. The second kappa shape index (κ2) is 8.70. The molecule has 0 saturated carbocycles. The second-order valence-electron chi connectivity index (χ2n) is 7.46. The Bertz CT molecular complexity index is 972. The van der Waals surface area contributed by atoms with Gasteiger partial charge in [-0.05, 0) is 41.3 Å². The Morgan fingerprint density at radius 3 is 2.29 bits per heavy atom. The first kappa shape index (κ1) is 19.6. The fourth-order valence-electron chi connectivity index (χ4n) is 3.24. The van der Waals surface area contributed by atoms with E-state index in [-0.39, 0.29) is 24.2 Å². The fourth-order valence-corrected chi connectivity index (χ4v) is 3.24. The molecule has 4 heteroatoms. The van der Waals surface area contributed by atoms with Gasteiger partial charge in [0.15, 0.2) is 0 Å². The van der Waals surface area contributed by atoms with Crippen molar-refractivity contribution in [2.24, 2.45) is 5.92 Å². The molecule has 28 heavy (non-hydrogen) atoms. The molecule has 1 atom stereocenters. The number of nitrogens with one attached hydrogen (secondary N) is 2. The van der Waals surface area contributed by atoms with Crippen LogP contribution in [-0.4, -0.2) is 17.9 Å². The summed E-state index contributed by atoms with van der Waals surface area (Å²) in [5, 5.41) is 7.97. The van der Waals surface area contributed by atoms with Gasteiger partial charge in [0.25, 0.3) is 0 Å².